The molecule has 1 N–H and O–H groups in total. The Labute approximate surface area is 172 Å². The minimum Gasteiger partial charge on any atom is -0.271 e. The number of amides is 1. The van der Waals surface area contributed by atoms with Crippen LogP contribution in [-0.2, 0) is 14.8 Å². The minimum absolute atomic E-state index is 0.137. The van der Waals surface area contributed by atoms with Crippen LogP contribution in [0.2, 0.25) is 0 Å². The number of carbonyl (C=O) groups excluding carboxylic acids is 1. The molecule has 142 valence electrons. The van der Waals surface area contributed by atoms with E-state index in [1.807, 2.05) is 0 Å². The number of benzene rings is 2. The molecular formula is C19H20IN3O3S. The highest BCUT2D eigenvalue weighted by molar-refractivity contribution is 14.1. The number of hydrogen-bond donors (Lipinski definition) is 1. The van der Waals surface area contributed by atoms with E-state index in [1.54, 1.807) is 42.5 Å². The van der Waals surface area contributed by atoms with Gasteiger partial charge in [-0.3, -0.25) is 9.10 Å². The summed E-state index contributed by atoms with van der Waals surface area (Å²) in [7, 11) is -3.88. The van der Waals surface area contributed by atoms with Crippen LogP contribution in [0.1, 0.15) is 25.7 Å². The standard InChI is InChI=1S/C19H20IN3O3S/c20-15-10-12-17(13-11-15)23(27(25,26)18-8-2-1-3-9-18)14-19(24)22-21-16-6-4-5-7-16/h1-3,8-13H,4-7,14H2,(H,22,24). The Bertz CT molecular complexity index is 920. The minimum atomic E-state index is -3.88. The van der Waals surface area contributed by atoms with E-state index in [9.17, 15) is 13.2 Å². The molecule has 2 aromatic rings. The third-order valence-corrected chi connectivity index (χ3v) is 6.76. The summed E-state index contributed by atoms with van der Waals surface area (Å²) in [6.07, 6.45) is 3.91. The van der Waals surface area contributed by atoms with Crippen LogP contribution in [0.5, 0.6) is 0 Å². The zero-order chi connectivity index (χ0) is 19.3. The van der Waals surface area contributed by atoms with Gasteiger partial charge in [0, 0.05) is 9.28 Å². The SMILES string of the molecule is O=C(CN(c1ccc(I)cc1)S(=O)(=O)c1ccccc1)NN=C1CCCC1. The van der Waals surface area contributed by atoms with E-state index in [1.165, 1.54) is 12.1 Å². The number of sulfonamides is 1. The zero-order valence-corrected chi connectivity index (χ0v) is 17.6. The van der Waals surface area contributed by atoms with E-state index in [4.69, 9.17) is 0 Å². The summed E-state index contributed by atoms with van der Waals surface area (Å²) in [5.74, 6) is -0.465. The van der Waals surface area contributed by atoms with Gasteiger partial charge < -0.3 is 0 Å². The van der Waals surface area contributed by atoms with Crippen molar-refractivity contribution in [3.05, 3.63) is 58.2 Å². The largest absolute Gasteiger partial charge is 0.271 e. The Hall–Kier alpha value is -1.94. The van der Waals surface area contributed by atoms with Crippen molar-refractivity contribution in [1.82, 2.24) is 5.43 Å². The van der Waals surface area contributed by atoms with Gasteiger partial charge in [0.1, 0.15) is 6.54 Å². The lowest BCUT2D eigenvalue weighted by molar-refractivity contribution is -0.119. The Balaban J connectivity index is 1.87. The molecule has 1 amide bonds. The van der Waals surface area contributed by atoms with Gasteiger partial charge in [0.2, 0.25) is 0 Å². The third-order valence-electron chi connectivity index (χ3n) is 4.25. The normalized spacial score (nSPS) is 14.0. The molecule has 8 heteroatoms. The summed E-state index contributed by atoms with van der Waals surface area (Å²) in [6.45, 7) is -0.339. The van der Waals surface area contributed by atoms with Crippen LogP contribution in [0, 0.1) is 3.57 Å². The van der Waals surface area contributed by atoms with E-state index < -0.39 is 15.9 Å². The van der Waals surface area contributed by atoms with E-state index in [0.29, 0.717) is 5.69 Å². The molecule has 0 aliphatic heterocycles. The smallest absolute Gasteiger partial charge is 0.264 e. The van der Waals surface area contributed by atoms with Crippen molar-refractivity contribution in [3.63, 3.8) is 0 Å². The van der Waals surface area contributed by atoms with Gasteiger partial charge in [-0.1, -0.05) is 18.2 Å². The number of carbonyl (C=O) groups is 1. The van der Waals surface area contributed by atoms with E-state index in [-0.39, 0.29) is 11.4 Å². The number of hydrogen-bond acceptors (Lipinski definition) is 4. The van der Waals surface area contributed by atoms with Gasteiger partial charge in [-0.15, -0.1) is 0 Å². The molecule has 0 radical (unpaired) electrons. The van der Waals surface area contributed by atoms with E-state index >= 15 is 0 Å². The molecule has 27 heavy (non-hydrogen) atoms. The summed E-state index contributed by atoms with van der Waals surface area (Å²) >= 11 is 2.15. The van der Waals surface area contributed by atoms with Crippen LogP contribution in [-0.4, -0.2) is 26.6 Å². The molecule has 3 rings (SSSR count). The molecular weight excluding hydrogens is 477 g/mol. The first kappa shape index (κ1) is 19.8. The zero-order valence-electron chi connectivity index (χ0n) is 14.6. The Morgan fingerprint density at radius 3 is 2.30 bits per heavy atom. The van der Waals surface area contributed by atoms with Gasteiger partial charge in [-0.25, -0.2) is 13.8 Å². The number of halogens is 1. The quantitative estimate of drug-likeness (QED) is 0.490. The molecule has 0 heterocycles. The van der Waals surface area contributed by atoms with E-state index in [2.05, 4.69) is 33.1 Å². The predicted molar refractivity (Wildman–Crippen MR) is 114 cm³/mol. The van der Waals surface area contributed by atoms with Crippen molar-refractivity contribution in [3.8, 4) is 0 Å². The highest BCUT2D eigenvalue weighted by Gasteiger charge is 2.27. The molecule has 0 atom stereocenters. The molecule has 0 aromatic heterocycles. The molecule has 1 fully saturated rings. The van der Waals surface area contributed by atoms with Crippen LogP contribution in [0.4, 0.5) is 5.69 Å². The number of anilines is 1. The van der Waals surface area contributed by atoms with Crippen LogP contribution in [0.15, 0.2) is 64.6 Å². The van der Waals surface area contributed by atoms with Gasteiger partial charge in [0.15, 0.2) is 0 Å². The van der Waals surface area contributed by atoms with Gasteiger partial charge in [-0.2, -0.15) is 5.10 Å². The second-order valence-corrected chi connectivity index (χ2v) is 9.33. The fourth-order valence-electron chi connectivity index (χ4n) is 2.84. The molecule has 0 spiro atoms. The lowest BCUT2D eigenvalue weighted by Crippen LogP contribution is -2.39. The molecule has 0 bridgehead atoms. The average molecular weight is 497 g/mol. The molecule has 1 saturated carbocycles. The van der Waals surface area contributed by atoms with E-state index in [0.717, 1.165) is 39.3 Å². The second kappa shape index (κ2) is 8.83. The molecule has 0 unspecified atom stereocenters. The topological polar surface area (TPSA) is 78.8 Å². The summed E-state index contributed by atoms with van der Waals surface area (Å²) in [5.41, 5.74) is 3.89. The summed E-state index contributed by atoms with van der Waals surface area (Å²) in [5, 5.41) is 4.13. The molecule has 6 nitrogen and oxygen atoms in total. The van der Waals surface area contributed by atoms with Crippen LogP contribution in [0.3, 0.4) is 0 Å². The van der Waals surface area contributed by atoms with Crippen molar-refractivity contribution in [1.29, 1.82) is 0 Å². The number of nitrogens with one attached hydrogen (secondary N) is 1. The summed E-state index contributed by atoms with van der Waals surface area (Å²) < 4.78 is 28.3. The number of nitrogens with zero attached hydrogens (tertiary/aromatic N) is 2. The highest BCUT2D eigenvalue weighted by atomic mass is 127. The predicted octanol–water partition coefficient (Wildman–Crippen LogP) is 3.53. The second-order valence-electron chi connectivity index (χ2n) is 6.22. The monoisotopic (exact) mass is 497 g/mol. The van der Waals surface area contributed by atoms with Crippen molar-refractivity contribution >= 4 is 49.9 Å². The Morgan fingerprint density at radius 2 is 1.67 bits per heavy atom. The van der Waals surface area contributed by atoms with Crippen LogP contribution < -0.4 is 9.73 Å². The maximum Gasteiger partial charge on any atom is 0.264 e. The average Bonchev–Trinajstić information content (AvgIpc) is 3.19. The fourth-order valence-corrected chi connectivity index (χ4v) is 4.65. The highest BCUT2D eigenvalue weighted by Crippen LogP contribution is 2.24. The van der Waals surface area contributed by atoms with Crippen molar-refractivity contribution in [2.24, 2.45) is 5.10 Å². The van der Waals surface area contributed by atoms with Gasteiger partial charge in [0.25, 0.3) is 15.9 Å². The van der Waals surface area contributed by atoms with Gasteiger partial charge in [-0.05, 0) is 84.7 Å². The summed E-state index contributed by atoms with van der Waals surface area (Å²) in [6, 6.07) is 15.1. The fraction of sp³-hybridized carbons (Fsp3) is 0.263. The lowest BCUT2D eigenvalue weighted by atomic mass is 10.3. The van der Waals surface area contributed by atoms with Gasteiger partial charge >= 0.3 is 0 Å². The van der Waals surface area contributed by atoms with Crippen molar-refractivity contribution in [2.75, 3.05) is 10.8 Å². The first-order valence-electron chi connectivity index (χ1n) is 8.64. The Kier molecular flexibility index (Phi) is 6.48. The number of hydrazone groups is 1. The maximum absolute atomic E-state index is 13.1. The molecule has 0 saturated heterocycles. The molecule has 1 aliphatic carbocycles. The van der Waals surface area contributed by atoms with Crippen molar-refractivity contribution in [2.45, 2.75) is 30.6 Å². The summed E-state index contributed by atoms with van der Waals surface area (Å²) in [4.78, 5) is 12.5. The molecule has 2 aromatic carbocycles. The van der Waals surface area contributed by atoms with Gasteiger partial charge in [0.05, 0.1) is 10.6 Å². The first-order chi connectivity index (χ1) is 13.0. The number of rotatable bonds is 6. The maximum atomic E-state index is 13.1. The lowest BCUT2D eigenvalue weighted by Gasteiger charge is -2.23. The third kappa shape index (κ3) is 5.07. The van der Waals surface area contributed by atoms with Crippen molar-refractivity contribution < 1.29 is 13.2 Å². The first-order valence-corrected chi connectivity index (χ1v) is 11.2. The van der Waals surface area contributed by atoms with Crippen LogP contribution in [0.25, 0.3) is 0 Å². The van der Waals surface area contributed by atoms with Crippen LogP contribution >= 0.6 is 22.6 Å². The Morgan fingerprint density at radius 1 is 1.04 bits per heavy atom. The molecule has 1 aliphatic rings.